The molecule has 0 saturated heterocycles. The predicted molar refractivity (Wildman–Crippen MR) is 199 cm³/mol. The number of benzene rings is 4. The minimum Gasteiger partial charge on any atom is -0.386 e. The topological polar surface area (TPSA) is 207 Å². The lowest BCUT2D eigenvalue weighted by molar-refractivity contribution is 0.0425. The molecule has 3 aliphatic heterocycles. The van der Waals surface area contributed by atoms with Gasteiger partial charge in [-0.05, 0) is 89.0 Å². The van der Waals surface area contributed by atoms with Gasteiger partial charge in [0.2, 0.25) is 0 Å². The maximum atomic E-state index is 12.5. The van der Waals surface area contributed by atoms with E-state index in [-0.39, 0.29) is 68.9 Å². The van der Waals surface area contributed by atoms with Gasteiger partial charge in [0.05, 0.1) is 101 Å². The van der Waals surface area contributed by atoms with Crippen LogP contribution >= 0.6 is 0 Å². The predicted octanol–water partition coefficient (Wildman–Crippen LogP) is 5.39. The summed E-state index contributed by atoms with van der Waals surface area (Å²) in [4.78, 5) is 106. The zero-order valence-electron chi connectivity index (χ0n) is 30.4. The highest BCUT2D eigenvalue weighted by Crippen LogP contribution is 2.71. The summed E-state index contributed by atoms with van der Waals surface area (Å²) in [6.07, 6.45) is 2.28. The second kappa shape index (κ2) is 9.28. The molecule has 6 heterocycles. The number of fused-ring (bicyclic) bond motifs is 33. The Morgan fingerprint density at radius 2 is 0.467 bits per heavy atom. The zero-order chi connectivity index (χ0) is 39.5. The molecule has 282 valence electrons. The molecule has 0 N–H and O–H groups in total. The van der Waals surface area contributed by atoms with E-state index in [2.05, 4.69) is 0 Å². The number of cyclic esters (lactones) is 6. The van der Waals surface area contributed by atoms with Crippen LogP contribution in [0.2, 0.25) is 0 Å². The molecular formula is C45H18N6O9. The zero-order valence-corrected chi connectivity index (χ0v) is 30.4. The van der Waals surface area contributed by atoms with Gasteiger partial charge in [-0.2, -0.15) is 0 Å². The highest BCUT2D eigenvalue weighted by Gasteiger charge is 2.59. The SMILES string of the molecule is O=C1OC(=O)c2cc3nc4c(nc3cc21)[C@H]1C[C@@H]4c2c1c1c(c3c2[C@@H]2C[C@H]3c3nc4cc5c(cc4nc32)C(=O)OC5=O)[C@@H]2C[C@H]1c1nc3cc4c(cc3nc12)C(=O)OC4=O. The average Bonchev–Trinajstić information content (AvgIpc) is 4.13. The van der Waals surface area contributed by atoms with Crippen LogP contribution in [0, 0.1) is 0 Å². The first kappa shape index (κ1) is 30.4. The molecule has 0 spiro atoms. The summed E-state index contributed by atoms with van der Waals surface area (Å²) < 4.78 is 14.7. The number of ether oxygens (including phenoxy) is 3. The van der Waals surface area contributed by atoms with Crippen molar-refractivity contribution in [1.29, 1.82) is 0 Å². The van der Waals surface area contributed by atoms with Crippen LogP contribution in [0.15, 0.2) is 36.4 Å². The van der Waals surface area contributed by atoms with Gasteiger partial charge in [-0.1, -0.05) is 0 Å². The fraction of sp³-hybridized carbons (Fsp3) is 0.200. The molecule has 6 bridgehead atoms. The number of esters is 6. The maximum absolute atomic E-state index is 12.5. The fourth-order valence-electron chi connectivity index (χ4n) is 12.6. The molecule has 0 fully saturated rings. The van der Waals surface area contributed by atoms with Crippen molar-refractivity contribution < 1.29 is 43.0 Å². The normalized spacial score (nSPS) is 25.4. The van der Waals surface area contributed by atoms with Crippen LogP contribution in [-0.2, 0) is 14.2 Å². The van der Waals surface area contributed by atoms with Gasteiger partial charge in [-0.3, -0.25) is 0 Å². The molecule has 9 aliphatic rings. The molecule has 0 radical (unpaired) electrons. The third-order valence-corrected chi connectivity index (χ3v) is 14.7. The summed E-state index contributed by atoms with van der Waals surface area (Å²) >= 11 is 0. The van der Waals surface area contributed by atoms with Crippen molar-refractivity contribution >= 4 is 68.9 Å². The number of hydrogen-bond donors (Lipinski definition) is 0. The minimum absolute atomic E-state index is 0.0922. The summed E-state index contributed by atoms with van der Waals surface area (Å²) in [5, 5.41) is 0. The van der Waals surface area contributed by atoms with Crippen LogP contribution in [0.25, 0.3) is 33.1 Å². The molecule has 6 aliphatic carbocycles. The second-order valence-corrected chi connectivity index (χ2v) is 17.2. The Hall–Kier alpha value is -7.68. The second-order valence-electron chi connectivity index (χ2n) is 17.2. The lowest BCUT2D eigenvalue weighted by Crippen LogP contribution is -2.22. The first-order valence-electron chi connectivity index (χ1n) is 19.8. The Kier molecular flexibility index (Phi) is 4.70. The van der Waals surface area contributed by atoms with E-state index in [1.165, 1.54) is 33.4 Å². The van der Waals surface area contributed by atoms with Gasteiger partial charge in [0.15, 0.2) is 0 Å². The van der Waals surface area contributed by atoms with Crippen molar-refractivity contribution in [3.05, 3.63) is 137 Å². The first-order valence-corrected chi connectivity index (χ1v) is 19.8. The molecule has 15 heteroatoms. The lowest BCUT2D eigenvalue weighted by atomic mass is 9.72. The number of aromatic nitrogens is 6. The number of carbonyl (C=O) groups is 6. The average molecular weight is 787 g/mol. The molecule has 0 unspecified atom stereocenters. The Morgan fingerprint density at radius 1 is 0.300 bits per heavy atom. The Balaban J connectivity index is 0.942. The fourth-order valence-corrected chi connectivity index (χ4v) is 12.6. The first-order chi connectivity index (χ1) is 29.2. The molecule has 16 rings (SSSR count). The van der Waals surface area contributed by atoms with Crippen LogP contribution in [0.4, 0.5) is 0 Å². The van der Waals surface area contributed by atoms with Crippen molar-refractivity contribution in [2.24, 2.45) is 0 Å². The summed E-state index contributed by atoms with van der Waals surface area (Å²) in [5.74, 6) is -4.72. The molecule has 3 aromatic heterocycles. The van der Waals surface area contributed by atoms with Crippen LogP contribution in [0.5, 0.6) is 0 Å². The monoisotopic (exact) mass is 786 g/mol. The molecule has 60 heavy (non-hydrogen) atoms. The van der Waals surface area contributed by atoms with Gasteiger partial charge in [0.25, 0.3) is 0 Å². The van der Waals surface area contributed by atoms with Gasteiger partial charge >= 0.3 is 35.8 Å². The van der Waals surface area contributed by atoms with E-state index in [0.29, 0.717) is 33.1 Å². The molecule has 15 nitrogen and oxygen atoms in total. The van der Waals surface area contributed by atoms with Crippen molar-refractivity contribution in [3.63, 3.8) is 0 Å². The lowest BCUT2D eigenvalue weighted by Gasteiger charge is -2.33. The van der Waals surface area contributed by atoms with E-state index in [1.807, 2.05) is 0 Å². The van der Waals surface area contributed by atoms with Crippen molar-refractivity contribution in [3.8, 4) is 0 Å². The van der Waals surface area contributed by atoms with E-state index >= 15 is 0 Å². The van der Waals surface area contributed by atoms with E-state index in [1.54, 1.807) is 36.4 Å². The third-order valence-electron chi connectivity index (χ3n) is 14.7. The molecule has 7 aromatic rings. The summed E-state index contributed by atoms with van der Waals surface area (Å²) in [5.41, 5.74) is 16.8. The Labute approximate surface area is 333 Å². The van der Waals surface area contributed by atoms with Crippen LogP contribution < -0.4 is 0 Å². The van der Waals surface area contributed by atoms with E-state index in [9.17, 15) is 28.8 Å². The molecular weight excluding hydrogens is 769 g/mol. The largest absolute Gasteiger partial charge is 0.386 e. The number of nitrogens with zero attached hydrogens (tertiary/aromatic N) is 6. The molecule has 0 saturated carbocycles. The quantitative estimate of drug-likeness (QED) is 0.107. The highest BCUT2D eigenvalue weighted by atomic mass is 16.6. The van der Waals surface area contributed by atoms with Gasteiger partial charge in [0, 0.05) is 35.5 Å². The minimum atomic E-state index is -0.694. The Morgan fingerprint density at radius 3 is 0.633 bits per heavy atom. The number of carbonyl (C=O) groups excluding carboxylic acids is 6. The Bertz CT molecular complexity index is 3010. The van der Waals surface area contributed by atoms with Crippen molar-refractivity contribution in [1.82, 2.24) is 29.9 Å². The summed E-state index contributed by atoms with van der Waals surface area (Å²) in [6, 6.07) is 9.63. The van der Waals surface area contributed by atoms with E-state index in [0.717, 1.165) is 53.4 Å². The van der Waals surface area contributed by atoms with Gasteiger partial charge in [-0.15, -0.1) is 0 Å². The van der Waals surface area contributed by atoms with Crippen molar-refractivity contribution in [2.75, 3.05) is 0 Å². The highest BCUT2D eigenvalue weighted by molar-refractivity contribution is 6.18. The third kappa shape index (κ3) is 3.18. The van der Waals surface area contributed by atoms with Gasteiger partial charge in [-0.25, -0.2) is 58.7 Å². The maximum Gasteiger partial charge on any atom is 0.346 e. The van der Waals surface area contributed by atoms with Crippen LogP contribution in [-0.4, -0.2) is 65.7 Å². The number of hydrogen-bond acceptors (Lipinski definition) is 15. The molecule has 4 aromatic carbocycles. The number of rotatable bonds is 0. The summed E-state index contributed by atoms with van der Waals surface area (Å²) in [7, 11) is 0. The molecule has 0 amide bonds. The van der Waals surface area contributed by atoms with E-state index < -0.39 is 35.8 Å². The summed E-state index contributed by atoms with van der Waals surface area (Å²) in [6.45, 7) is 0. The van der Waals surface area contributed by atoms with Crippen LogP contribution in [0.1, 0.15) is 184 Å². The standard InChI is InChI=1S/C45H18N6O9/c52-40-10-4-22-23(5-11(10)41(53)58-40)47-35-17-1-16(34(35)46-22)28-29(17)31-19-3-21(39-37(19)49-25-7-13-15(9-27(25)51-39)45(57)60-43(13)55)33(31)32-20-2-18(30(28)32)36-38(20)50-26-8-14-12(6-24(26)48-36)42(54)59-44(14)56/h4-9,16-21H,1-3H2/t16-,17+,18+,19-,20-,21+. The van der Waals surface area contributed by atoms with Crippen molar-refractivity contribution in [2.45, 2.75) is 54.8 Å². The van der Waals surface area contributed by atoms with Gasteiger partial charge < -0.3 is 14.2 Å². The van der Waals surface area contributed by atoms with Gasteiger partial charge in [0.1, 0.15) is 0 Å². The van der Waals surface area contributed by atoms with E-state index in [4.69, 9.17) is 44.1 Å². The smallest absolute Gasteiger partial charge is 0.346 e. The van der Waals surface area contributed by atoms with Crippen LogP contribution in [0.3, 0.4) is 0 Å². The molecule has 6 atom stereocenters.